The monoisotopic (exact) mass is 360 g/mol. The molecule has 1 aliphatic heterocycles. The molecule has 5 nitrogen and oxygen atoms in total. The predicted molar refractivity (Wildman–Crippen MR) is 107 cm³/mol. The number of rotatable bonds is 6. The highest BCUT2D eigenvalue weighted by molar-refractivity contribution is 5.93. The normalized spacial score (nSPS) is 13.3. The molecule has 3 N–H and O–H groups in total. The van der Waals surface area contributed by atoms with Gasteiger partial charge in [0.2, 0.25) is 5.91 Å². The van der Waals surface area contributed by atoms with Crippen molar-refractivity contribution in [2.45, 2.75) is 32.2 Å². The molecule has 2 aromatic carbocycles. The molecule has 1 aliphatic rings. The molecule has 1 amide bonds. The van der Waals surface area contributed by atoms with Gasteiger partial charge in [-0.05, 0) is 35.7 Å². The molecule has 3 aromatic rings. The van der Waals surface area contributed by atoms with Crippen LogP contribution >= 0.6 is 0 Å². The molecule has 0 atom stereocenters. The van der Waals surface area contributed by atoms with Crippen molar-refractivity contribution in [2.75, 3.05) is 11.9 Å². The lowest BCUT2D eigenvalue weighted by Crippen LogP contribution is -2.19. The second-order valence-electron chi connectivity index (χ2n) is 7.01. The molecule has 1 aromatic heterocycles. The van der Waals surface area contributed by atoms with Crippen molar-refractivity contribution in [3.05, 3.63) is 82.9 Å². The quantitative estimate of drug-likeness (QED) is 0.710. The van der Waals surface area contributed by atoms with E-state index in [1.165, 1.54) is 16.8 Å². The molecule has 0 saturated heterocycles. The third kappa shape index (κ3) is 3.93. The zero-order chi connectivity index (χ0) is 18.6. The van der Waals surface area contributed by atoms with Crippen LogP contribution in [-0.2, 0) is 30.6 Å². The zero-order valence-corrected chi connectivity index (χ0v) is 15.3. The molecule has 0 bridgehead atoms. The number of aromatic nitrogens is 2. The van der Waals surface area contributed by atoms with Crippen LogP contribution in [0.15, 0.2) is 54.9 Å². The largest absolute Gasteiger partial charge is 0.330 e. The van der Waals surface area contributed by atoms with Crippen LogP contribution in [0.3, 0.4) is 0 Å². The number of anilines is 1. The number of amides is 1. The predicted octanol–water partition coefficient (Wildman–Crippen LogP) is 2.91. The van der Waals surface area contributed by atoms with Crippen LogP contribution in [0.5, 0.6) is 0 Å². The Bertz CT molecular complexity index is 946. The summed E-state index contributed by atoms with van der Waals surface area (Å²) >= 11 is 0. The molecular weight excluding hydrogens is 336 g/mol. The van der Waals surface area contributed by atoms with Crippen molar-refractivity contribution in [3.63, 3.8) is 0 Å². The van der Waals surface area contributed by atoms with Gasteiger partial charge in [0.1, 0.15) is 0 Å². The molecule has 0 aliphatic carbocycles. The van der Waals surface area contributed by atoms with Crippen molar-refractivity contribution in [1.29, 1.82) is 0 Å². The van der Waals surface area contributed by atoms with E-state index in [9.17, 15) is 4.79 Å². The highest BCUT2D eigenvalue weighted by Gasteiger charge is 2.16. The molecule has 0 fully saturated rings. The molecule has 138 valence electrons. The number of imidazole rings is 1. The summed E-state index contributed by atoms with van der Waals surface area (Å²) in [6.45, 7) is 1.31. The second kappa shape index (κ2) is 7.76. The summed E-state index contributed by atoms with van der Waals surface area (Å²) in [4.78, 5) is 16.3. The molecule has 27 heavy (non-hydrogen) atoms. The molecule has 2 heterocycles. The Labute approximate surface area is 159 Å². The lowest BCUT2D eigenvalue weighted by Gasteiger charge is -2.18. The number of hydrogen-bond acceptors (Lipinski definition) is 3. The van der Waals surface area contributed by atoms with Crippen molar-refractivity contribution in [3.8, 4) is 0 Å². The smallest absolute Gasteiger partial charge is 0.224 e. The molecule has 5 heteroatoms. The van der Waals surface area contributed by atoms with E-state index in [2.05, 4.69) is 57.3 Å². The highest BCUT2D eigenvalue weighted by Crippen LogP contribution is 2.25. The molecule has 0 saturated carbocycles. The number of benzene rings is 2. The van der Waals surface area contributed by atoms with E-state index >= 15 is 0 Å². The van der Waals surface area contributed by atoms with Crippen LogP contribution in [0.25, 0.3) is 0 Å². The van der Waals surface area contributed by atoms with Gasteiger partial charge in [0, 0.05) is 37.2 Å². The van der Waals surface area contributed by atoms with Gasteiger partial charge in [-0.15, -0.1) is 0 Å². The van der Waals surface area contributed by atoms with E-state index in [0.29, 0.717) is 13.0 Å². The van der Waals surface area contributed by atoms with Crippen LogP contribution in [0, 0.1) is 0 Å². The summed E-state index contributed by atoms with van der Waals surface area (Å²) in [5, 5.41) is 2.98. The Balaban J connectivity index is 1.58. The van der Waals surface area contributed by atoms with Gasteiger partial charge in [0.05, 0.1) is 12.0 Å². The van der Waals surface area contributed by atoms with Crippen LogP contribution in [0.4, 0.5) is 5.69 Å². The minimum absolute atomic E-state index is 0.0937. The minimum Gasteiger partial charge on any atom is -0.330 e. The van der Waals surface area contributed by atoms with Crippen molar-refractivity contribution >= 4 is 11.6 Å². The first-order valence-electron chi connectivity index (χ1n) is 9.41. The Morgan fingerprint density at radius 2 is 1.93 bits per heavy atom. The van der Waals surface area contributed by atoms with Crippen LogP contribution in [0.2, 0.25) is 0 Å². The van der Waals surface area contributed by atoms with Crippen LogP contribution < -0.4 is 11.1 Å². The van der Waals surface area contributed by atoms with Gasteiger partial charge in [-0.3, -0.25) is 4.79 Å². The average molecular weight is 360 g/mol. The van der Waals surface area contributed by atoms with Crippen molar-refractivity contribution in [2.24, 2.45) is 5.73 Å². The summed E-state index contributed by atoms with van der Waals surface area (Å²) in [6, 6.07) is 16.7. The number of nitrogens with two attached hydrogens (primary N) is 1. The average Bonchev–Trinajstić information content (AvgIpc) is 3.04. The lowest BCUT2D eigenvalue weighted by atomic mass is 10.0. The zero-order valence-electron chi connectivity index (χ0n) is 15.3. The van der Waals surface area contributed by atoms with Crippen LogP contribution in [-0.4, -0.2) is 22.0 Å². The fraction of sp³-hybridized carbons (Fsp3) is 0.273. The summed E-state index contributed by atoms with van der Waals surface area (Å²) in [5.41, 5.74) is 12.7. The van der Waals surface area contributed by atoms with E-state index in [1.807, 2.05) is 12.4 Å². The minimum atomic E-state index is 0.0937. The molecule has 0 unspecified atom stereocenters. The van der Waals surface area contributed by atoms with Gasteiger partial charge in [-0.25, -0.2) is 4.98 Å². The van der Waals surface area contributed by atoms with E-state index in [4.69, 9.17) is 5.73 Å². The van der Waals surface area contributed by atoms with Gasteiger partial charge in [0.15, 0.2) is 0 Å². The van der Waals surface area contributed by atoms with Crippen molar-refractivity contribution in [1.82, 2.24) is 9.55 Å². The maximum atomic E-state index is 11.7. The fourth-order valence-electron chi connectivity index (χ4n) is 3.66. The maximum absolute atomic E-state index is 11.7. The maximum Gasteiger partial charge on any atom is 0.224 e. The second-order valence-corrected chi connectivity index (χ2v) is 7.01. The molecule has 0 radical (unpaired) electrons. The van der Waals surface area contributed by atoms with Gasteiger partial charge >= 0.3 is 0 Å². The number of aryl methyl sites for hydroxylation is 1. The topological polar surface area (TPSA) is 72.9 Å². The first-order valence-corrected chi connectivity index (χ1v) is 9.41. The fourth-order valence-corrected chi connectivity index (χ4v) is 3.66. The van der Waals surface area contributed by atoms with Gasteiger partial charge in [-0.1, -0.05) is 42.5 Å². The number of carbonyl (C=O) groups excluding carboxylic acids is 1. The van der Waals surface area contributed by atoms with E-state index in [0.717, 1.165) is 42.8 Å². The van der Waals surface area contributed by atoms with Crippen LogP contribution in [0.1, 0.15) is 34.5 Å². The number of nitrogens with one attached hydrogen (secondary N) is 1. The molecular formula is C22H24N4O. The van der Waals surface area contributed by atoms with Gasteiger partial charge in [0.25, 0.3) is 0 Å². The summed E-state index contributed by atoms with van der Waals surface area (Å²) < 4.78 is 2.18. The van der Waals surface area contributed by atoms with E-state index in [-0.39, 0.29) is 5.91 Å². The van der Waals surface area contributed by atoms with Crippen molar-refractivity contribution < 1.29 is 4.79 Å². The van der Waals surface area contributed by atoms with Gasteiger partial charge in [-0.2, -0.15) is 0 Å². The van der Waals surface area contributed by atoms with Gasteiger partial charge < -0.3 is 15.6 Å². The number of nitrogens with zero attached hydrogens (tertiary/aromatic N) is 2. The standard InChI is InChI=1S/C22H24N4O/c23-11-10-21-20(12-16-4-2-1-3-5-16)24-15-26(21)14-17-6-7-18-8-9-22(27)25-19(18)13-17/h1-7,13,15H,8-12,14,23H2,(H,25,27). The summed E-state index contributed by atoms with van der Waals surface area (Å²) in [5.74, 6) is 0.0937. The SMILES string of the molecule is NCCc1c(Cc2ccccc2)ncn1Cc1ccc2c(c1)NC(=O)CC2. The number of carbonyl (C=O) groups is 1. The Kier molecular flexibility index (Phi) is 5.03. The summed E-state index contributed by atoms with van der Waals surface area (Å²) in [7, 11) is 0. The highest BCUT2D eigenvalue weighted by atomic mass is 16.1. The third-order valence-corrected chi connectivity index (χ3v) is 5.05. The molecule has 0 spiro atoms. The first kappa shape index (κ1) is 17.5. The molecule has 4 rings (SSSR count). The van der Waals surface area contributed by atoms with E-state index < -0.39 is 0 Å². The Morgan fingerprint density at radius 3 is 2.74 bits per heavy atom. The third-order valence-electron chi connectivity index (χ3n) is 5.05. The summed E-state index contributed by atoms with van der Waals surface area (Å²) in [6.07, 6.45) is 4.89. The lowest BCUT2D eigenvalue weighted by molar-refractivity contribution is -0.116. The number of fused-ring (bicyclic) bond motifs is 1. The first-order chi connectivity index (χ1) is 13.2. The Morgan fingerprint density at radius 1 is 1.07 bits per heavy atom. The number of hydrogen-bond donors (Lipinski definition) is 2. The van der Waals surface area contributed by atoms with E-state index in [1.54, 1.807) is 0 Å². The Hall–Kier alpha value is -2.92.